The number of carbonyl (C=O) groups is 1. The first-order valence-electron chi connectivity index (χ1n) is 8.56. The molecule has 2 heterocycles. The summed E-state index contributed by atoms with van der Waals surface area (Å²) in [5.41, 5.74) is 2.30. The second kappa shape index (κ2) is 7.86. The van der Waals surface area contributed by atoms with E-state index in [4.69, 9.17) is 9.26 Å². The Morgan fingerprint density at radius 1 is 1.23 bits per heavy atom. The molecule has 0 saturated carbocycles. The van der Waals surface area contributed by atoms with Crippen molar-refractivity contribution >= 4 is 11.7 Å². The van der Waals surface area contributed by atoms with E-state index in [2.05, 4.69) is 22.5 Å². The Morgan fingerprint density at radius 3 is 2.65 bits per heavy atom. The lowest BCUT2D eigenvalue weighted by atomic mass is 10.2. The van der Waals surface area contributed by atoms with Crippen molar-refractivity contribution in [1.29, 1.82) is 0 Å². The Bertz CT molecular complexity index is 861. The van der Waals surface area contributed by atoms with Crippen LogP contribution in [-0.4, -0.2) is 20.8 Å². The number of aromatic nitrogens is 3. The van der Waals surface area contributed by atoms with Crippen LogP contribution in [0.4, 0.5) is 5.82 Å². The summed E-state index contributed by atoms with van der Waals surface area (Å²) in [5, 5.41) is 11.0. The molecule has 0 fully saturated rings. The van der Waals surface area contributed by atoms with E-state index >= 15 is 0 Å². The molecule has 7 nitrogen and oxygen atoms in total. The van der Waals surface area contributed by atoms with Gasteiger partial charge < -0.3 is 14.6 Å². The van der Waals surface area contributed by atoms with Gasteiger partial charge in [0.05, 0.1) is 11.3 Å². The largest absolute Gasteiger partial charge is 0.489 e. The lowest BCUT2D eigenvalue weighted by Crippen LogP contribution is -2.12. The van der Waals surface area contributed by atoms with E-state index in [1.54, 1.807) is 35.0 Å². The first-order valence-corrected chi connectivity index (χ1v) is 8.56. The highest BCUT2D eigenvalue weighted by atomic mass is 16.5. The zero-order chi connectivity index (χ0) is 18.5. The van der Waals surface area contributed by atoms with Crippen LogP contribution >= 0.6 is 0 Å². The predicted octanol–water partition coefficient (Wildman–Crippen LogP) is 3.73. The van der Waals surface area contributed by atoms with Gasteiger partial charge in [-0.1, -0.05) is 12.1 Å². The summed E-state index contributed by atoms with van der Waals surface area (Å²) < 4.78 is 12.7. The average molecular weight is 354 g/mol. The van der Waals surface area contributed by atoms with E-state index < -0.39 is 0 Å². The molecule has 0 aliphatic rings. The zero-order valence-corrected chi connectivity index (χ0v) is 15.2. The molecule has 0 radical (unpaired) electrons. The summed E-state index contributed by atoms with van der Waals surface area (Å²) in [6.07, 6.45) is 2.84. The van der Waals surface area contributed by atoms with Crippen LogP contribution < -0.4 is 10.1 Å². The Hall–Kier alpha value is -3.09. The van der Waals surface area contributed by atoms with Crippen LogP contribution in [0.25, 0.3) is 0 Å². The Morgan fingerprint density at radius 2 is 2.00 bits per heavy atom. The van der Waals surface area contributed by atoms with Gasteiger partial charge in [-0.15, -0.1) is 0 Å². The molecule has 1 N–H and O–H groups in total. The number of nitrogens with one attached hydrogen (secondary N) is 1. The summed E-state index contributed by atoms with van der Waals surface area (Å²) >= 11 is 0. The molecular formula is C19H22N4O3. The van der Waals surface area contributed by atoms with Crippen LogP contribution in [0, 0.1) is 13.8 Å². The van der Waals surface area contributed by atoms with Crippen molar-refractivity contribution < 1.29 is 14.1 Å². The fraction of sp³-hybridized carbons (Fsp3) is 0.316. The van der Waals surface area contributed by atoms with Crippen molar-refractivity contribution in [3.05, 3.63) is 59.1 Å². The molecule has 0 atom stereocenters. The van der Waals surface area contributed by atoms with Crippen LogP contribution in [0.15, 0.2) is 41.1 Å². The molecule has 3 rings (SSSR count). The maximum Gasteiger partial charge on any atom is 0.256 e. The lowest BCUT2D eigenvalue weighted by molar-refractivity contribution is 0.102. The number of ether oxygens (including phenoxy) is 1. The molecule has 1 aromatic carbocycles. The molecule has 2 aromatic heterocycles. The van der Waals surface area contributed by atoms with Gasteiger partial charge in [0.15, 0.2) is 5.82 Å². The van der Waals surface area contributed by atoms with Gasteiger partial charge in [-0.2, -0.15) is 5.10 Å². The minimum Gasteiger partial charge on any atom is -0.489 e. The monoisotopic (exact) mass is 354 g/mol. The summed E-state index contributed by atoms with van der Waals surface area (Å²) in [6, 6.07) is 8.77. The van der Waals surface area contributed by atoms with Crippen molar-refractivity contribution in [3.63, 3.8) is 0 Å². The molecule has 0 saturated heterocycles. The summed E-state index contributed by atoms with van der Waals surface area (Å²) in [6.45, 7) is 7.02. The predicted molar refractivity (Wildman–Crippen MR) is 97.2 cm³/mol. The smallest absolute Gasteiger partial charge is 0.256 e. The first-order chi connectivity index (χ1) is 12.6. The third-order valence-corrected chi connectivity index (χ3v) is 4.02. The molecule has 0 unspecified atom stereocenters. The Labute approximate surface area is 151 Å². The summed E-state index contributed by atoms with van der Waals surface area (Å²) in [7, 11) is 0. The minimum atomic E-state index is -0.205. The summed E-state index contributed by atoms with van der Waals surface area (Å²) in [4.78, 5) is 12.3. The van der Waals surface area contributed by atoms with Gasteiger partial charge in [-0.3, -0.25) is 9.48 Å². The molecule has 3 aromatic rings. The highest BCUT2D eigenvalue weighted by molar-refractivity contribution is 6.03. The van der Waals surface area contributed by atoms with E-state index in [1.165, 1.54) is 0 Å². The van der Waals surface area contributed by atoms with Crippen LogP contribution in [0.2, 0.25) is 0 Å². The molecule has 26 heavy (non-hydrogen) atoms. The van der Waals surface area contributed by atoms with Crippen LogP contribution in [-0.2, 0) is 13.2 Å². The Balaban J connectivity index is 1.58. The minimum absolute atomic E-state index is 0.205. The van der Waals surface area contributed by atoms with Crippen LogP contribution in [0.5, 0.6) is 5.75 Å². The van der Waals surface area contributed by atoms with E-state index in [1.807, 2.05) is 20.0 Å². The summed E-state index contributed by atoms with van der Waals surface area (Å²) in [5.74, 6) is 1.76. The number of nitrogens with zero attached hydrogens (tertiary/aromatic N) is 3. The number of hydrogen-bond acceptors (Lipinski definition) is 5. The molecular weight excluding hydrogens is 332 g/mol. The normalized spacial score (nSPS) is 10.7. The van der Waals surface area contributed by atoms with Crippen molar-refractivity contribution in [3.8, 4) is 5.75 Å². The van der Waals surface area contributed by atoms with E-state index in [-0.39, 0.29) is 5.91 Å². The van der Waals surface area contributed by atoms with Crippen molar-refractivity contribution in [2.75, 3.05) is 5.32 Å². The van der Waals surface area contributed by atoms with Gasteiger partial charge >= 0.3 is 0 Å². The van der Waals surface area contributed by atoms with Gasteiger partial charge in [0.1, 0.15) is 18.1 Å². The van der Waals surface area contributed by atoms with Gasteiger partial charge in [-0.25, -0.2) is 0 Å². The molecule has 136 valence electrons. The highest BCUT2D eigenvalue weighted by Crippen LogP contribution is 2.18. The first kappa shape index (κ1) is 17.7. The zero-order valence-electron chi connectivity index (χ0n) is 15.2. The molecule has 0 spiro atoms. The maximum atomic E-state index is 12.3. The van der Waals surface area contributed by atoms with Crippen molar-refractivity contribution in [1.82, 2.24) is 14.9 Å². The number of aryl methyl sites for hydroxylation is 3. The Kier molecular flexibility index (Phi) is 5.36. The van der Waals surface area contributed by atoms with Gasteiger partial charge in [-0.05, 0) is 44.5 Å². The van der Waals surface area contributed by atoms with Crippen molar-refractivity contribution in [2.24, 2.45) is 0 Å². The van der Waals surface area contributed by atoms with Gasteiger partial charge in [0.25, 0.3) is 5.91 Å². The molecule has 1 amide bonds. The second-order valence-corrected chi connectivity index (χ2v) is 6.03. The van der Waals surface area contributed by atoms with Crippen molar-refractivity contribution in [2.45, 2.75) is 40.3 Å². The van der Waals surface area contributed by atoms with E-state index in [9.17, 15) is 4.79 Å². The number of benzene rings is 1. The fourth-order valence-corrected chi connectivity index (χ4v) is 2.54. The number of hydrogen-bond donors (Lipinski definition) is 1. The number of carbonyl (C=O) groups excluding carboxylic acids is 1. The standard InChI is InChI=1S/C19H22N4O3/c1-4-10-23-11-9-18(21-23)20-19(24)15-5-7-16(8-6-15)25-12-17-13(2)22-26-14(17)3/h5-9,11H,4,10,12H2,1-3H3,(H,20,21,24). The quantitative estimate of drug-likeness (QED) is 0.699. The van der Waals surface area contributed by atoms with Gasteiger partial charge in [0, 0.05) is 24.4 Å². The van der Waals surface area contributed by atoms with Gasteiger partial charge in [0.2, 0.25) is 0 Å². The number of anilines is 1. The lowest BCUT2D eigenvalue weighted by Gasteiger charge is -2.07. The maximum absolute atomic E-state index is 12.3. The SMILES string of the molecule is CCCn1ccc(NC(=O)c2ccc(OCc3c(C)noc3C)cc2)n1. The molecule has 0 aliphatic carbocycles. The third-order valence-electron chi connectivity index (χ3n) is 4.02. The third kappa shape index (κ3) is 4.11. The second-order valence-electron chi connectivity index (χ2n) is 6.03. The topological polar surface area (TPSA) is 82.2 Å². The molecule has 0 bridgehead atoms. The molecule has 0 aliphatic heterocycles. The van der Waals surface area contributed by atoms with Crippen LogP contribution in [0.3, 0.4) is 0 Å². The van der Waals surface area contributed by atoms with Crippen LogP contribution in [0.1, 0.15) is 40.7 Å². The van der Waals surface area contributed by atoms with E-state index in [0.29, 0.717) is 23.7 Å². The highest BCUT2D eigenvalue weighted by Gasteiger charge is 2.11. The number of rotatable bonds is 7. The number of amides is 1. The molecule has 7 heteroatoms. The average Bonchev–Trinajstić information content (AvgIpc) is 3.20. The fourth-order valence-electron chi connectivity index (χ4n) is 2.54. The van der Waals surface area contributed by atoms with E-state index in [0.717, 1.165) is 30.0 Å².